The summed E-state index contributed by atoms with van der Waals surface area (Å²) in [5.41, 5.74) is 3.67. The van der Waals surface area contributed by atoms with Crippen LogP contribution in [0.15, 0.2) is 73.1 Å². The third-order valence-corrected chi connectivity index (χ3v) is 7.02. The molecule has 4 aromatic rings. The summed E-state index contributed by atoms with van der Waals surface area (Å²) in [4.78, 5) is 41.8. The highest BCUT2D eigenvalue weighted by Crippen LogP contribution is 2.32. The number of likely N-dealkylation sites (N-methyl/N-ethyl adjacent to an activating group) is 1. The van der Waals surface area contributed by atoms with Gasteiger partial charge in [0.15, 0.2) is 0 Å². The molecule has 2 amide bonds. The average Bonchev–Trinajstić information content (AvgIpc) is 3.38. The van der Waals surface area contributed by atoms with Crippen LogP contribution >= 0.6 is 11.6 Å². The van der Waals surface area contributed by atoms with Crippen LogP contribution in [0.5, 0.6) is 0 Å². The molecule has 9 nitrogen and oxygen atoms in total. The van der Waals surface area contributed by atoms with Gasteiger partial charge in [-0.05, 0) is 51.2 Å². The zero-order valence-corrected chi connectivity index (χ0v) is 23.3. The van der Waals surface area contributed by atoms with Crippen LogP contribution in [-0.4, -0.2) is 76.3 Å². The van der Waals surface area contributed by atoms with Gasteiger partial charge in [-0.15, -0.1) is 0 Å². The van der Waals surface area contributed by atoms with E-state index >= 15 is 0 Å². The number of carbonyl (C=O) groups excluding carboxylic acids is 2. The van der Waals surface area contributed by atoms with Crippen molar-refractivity contribution in [3.05, 3.63) is 83.7 Å². The number of fused-ring (bicyclic) bond motifs is 1. The number of carbonyl (C=O) groups is 2. The number of H-pyrrole nitrogens is 1. The molecule has 1 unspecified atom stereocenters. The van der Waals surface area contributed by atoms with E-state index in [2.05, 4.69) is 20.6 Å². The molecule has 1 atom stereocenters. The number of aromatic amines is 1. The summed E-state index contributed by atoms with van der Waals surface area (Å²) in [6, 6.07) is 15.0. The summed E-state index contributed by atoms with van der Waals surface area (Å²) < 4.78 is 0. The summed E-state index contributed by atoms with van der Waals surface area (Å²) in [5.74, 6) is 0.155. The number of hydrogen-bond acceptors (Lipinski definition) is 6. The number of hydrogen-bond donors (Lipinski definition) is 3. The standard InChI is InChI=1S/C30H32ClN7O2/c1-37(2)14-7-13-27(39)34-21-9-5-8-20(16-21)29(40)38-15-6-10-22(19-38)35-30-33-18-25(31)28(36-30)24-17-32-26-12-4-3-11-23(24)26/h3-5,7-9,11-13,16-18,22,32H,6,10,14-15,19H2,1-2H3,(H,34,39)(H,33,35,36)/b13-7+. The molecule has 206 valence electrons. The third kappa shape index (κ3) is 6.50. The Morgan fingerprint density at radius 2 is 2.05 bits per heavy atom. The van der Waals surface area contributed by atoms with Gasteiger partial charge in [-0.25, -0.2) is 9.97 Å². The molecular formula is C30H32ClN7O2. The van der Waals surface area contributed by atoms with Crippen LogP contribution in [0.4, 0.5) is 11.6 Å². The number of aromatic nitrogens is 3. The quantitative estimate of drug-likeness (QED) is 0.262. The molecule has 3 heterocycles. The fourth-order valence-electron chi connectivity index (χ4n) is 4.82. The van der Waals surface area contributed by atoms with Crippen LogP contribution in [0, 0.1) is 0 Å². The zero-order valence-electron chi connectivity index (χ0n) is 22.5. The minimum absolute atomic E-state index is 0.0144. The number of benzene rings is 2. The highest BCUT2D eigenvalue weighted by atomic mass is 35.5. The van der Waals surface area contributed by atoms with Gasteiger partial charge < -0.3 is 25.4 Å². The predicted octanol–water partition coefficient (Wildman–Crippen LogP) is 5.05. The van der Waals surface area contributed by atoms with Gasteiger partial charge in [0.2, 0.25) is 11.9 Å². The predicted molar refractivity (Wildman–Crippen MR) is 160 cm³/mol. The first kappa shape index (κ1) is 27.4. The van der Waals surface area contributed by atoms with Crippen LogP contribution in [0.1, 0.15) is 23.2 Å². The molecular weight excluding hydrogens is 526 g/mol. The van der Waals surface area contributed by atoms with E-state index in [4.69, 9.17) is 16.6 Å². The molecule has 1 saturated heterocycles. The molecule has 0 radical (unpaired) electrons. The molecule has 2 aromatic carbocycles. The third-order valence-electron chi connectivity index (χ3n) is 6.75. The van der Waals surface area contributed by atoms with Gasteiger partial charge in [0, 0.05) is 65.7 Å². The minimum Gasteiger partial charge on any atom is -0.360 e. The first-order chi connectivity index (χ1) is 19.4. The highest BCUT2D eigenvalue weighted by molar-refractivity contribution is 6.33. The van der Waals surface area contributed by atoms with E-state index in [9.17, 15) is 9.59 Å². The van der Waals surface area contributed by atoms with Crippen molar-refractivity contribution in [3.63, 3.8) is 0 Å². The van der Waals surface area contributed by atoms with Gasteiger partial charge in [-0.1, -0.05) is 41.9 Å². The molecule has 0 aliphatic carbocycles. The van der Waals surface area contributed by atoms with Crippen LogP contribution in [0.3, 0.4) is 0 Å². The number of halogens is 1. The fourth-order valence-corrected chi connectivity index (χ4v) is 5.01. The summed E-state index contributed by atoms with van der Waals surface area (Å²) in [6.07, 6.45) is 8.53. The summed E-state index contributed by atoms with van der Waals surface area (Å²) in [7, 11) is 3.87. The summed E-state index contributed by atoms with van der Waals surface area (Å²) >= 11 is 6.49. The maximum atomic E-state index is 13.4. The summed E-state index contributed by atoms with van der Waals surface area (Å²) in [5, 5.41) is 7.74. The van der Waals surface area contributed by atoms with Gasteiger partial charge in [0.1, 0.15) is 0 Å². The van der Waals surface area contributed by atoms with E-state index in [0.717, 1.165) is 29.3 Å². The molecule has 1 aliphatic rings. The molecule has 0 bridgehead atoms. The van der Waals surface area contributed by atoms with E-state index in [1.165, 1.54) is 6.08 Å². The van der Waals surface area contributed by atoms with Gasteiger partial charge in [0.05, 0.1) is 16.9 Å². The van der Waals surface area contributed by atoms with E-state index in [1.54, 1.807) is 36.5 Å². The Morgan fingerprint density at radius 3 is 2.90 bits per heavy atom. The van der Waals surface area contributed by atoms with Gasteiger partial charge in [-0.3, -0.25) is 9.59 Å². The van der Waals surface area contributed by atoms with Crippen LogP contribution in [0.25, 0.3) is 22.2 Å². The van der Waals surface area contributed by atoms with E-state index in [-0.39, 0.29) is 17.9 Å². The number of nitrogens with zero attached hydrogens (tertiary/aromatic N) is 4. The van der Waals surface area contributed by atoms with Crippen LogP contribution < -0.4 is 10.6 Å². The van der Waals surface area contributed by atoms with Crippen molar-refractivity contribution in [3.8, 4) is 11.3 Å². The highest BCUT2D eigenvalue weighted by Gasteiger charge is 2.25. The SMILES string of the molecule is CN(C)C/C=C/C(=O)Nc1cccc(C(=O)N2CCCC(Nc3ncc(Cl)c(-c4c[nH]c5ccccc45)n3)C2)c1. The van der Waals surface area contributed by atoms with Crippen molar-refractivity contribution in [2.45, 2.75) is 18.9 Å². The second kappa shape index (κ2) is 12.3. The number of piperidine rings is 1. The second-order valence-electron chi connectivity index (χ2n) is 10.1. The molecule has 5 rings (SSSR count). The largest absolute Gasteiger partial charge is 0.360 e. The number of para-hydroxylation sites is 1. The van der Waals surface area contributed by atoms with Crippen LogP contribution in [-0.2, 0) is 4.79 Å². The van der Waals surface area contributed by atoms with Crippen molar-refractivity contribution in [1.82, 2.24) is 24.8 Å². The Balaban J connectivity index is 1.25. The second-order valence-corrected chi connectivity index (χ2v) is 10.5. The smallest absolute Gasteiger partial charge is 0.253 e. The molecule has 40 heavy (non-hydrogen) atoms. The van der Waals surface area contributed by atoms with E-state index in [1.807, 2.05) is 54.4 Å². The number of anilines is 2. The Kier molecular flexibility index (Phi) is 8.42. The lowest BCUT2D eigenvalue weighted by Crippen LogP contribution is -2.45. The Labute approximate surface area is 238 Å². The maximum absolute atomic E-state index is 13.4. The van der Waals surface area contributed by atoms with E-state index in [0.29, 0.717) is 47.6 Å². The van der Waals surface area contributed by atoms with Crippen molar-refractivity contribution < 1.29 is 9.59 Å². The number of rotatable bonds is 8. The van der Waals surface area contributed by atoms with Gasteiger partial charge in [0.25, 0.3) is 5.91 Å². The van der Waals surface area contributed by atoms with Crippen LogP contribution in [0.2, 0.25) is 5.02 Å². The lowest BCUT2D eigenvalue weighted by molar-refractivity contribution is -0.111. The number of nitrogens with one attached hydrogen (secondary N) is 3. The van der Waals surface area contributed by atoms with Crippen molar-refractivity contribution in [2.24, 2.45) is 0 Å². The molecule has 0 saturated carbocycles. The first-order valence-corrected chi connectivity index (χ1v) is 13.6. The number of likely N-dealkylation sites (tertiary alicyclic amines) is 1. The number of amides is 2. The zero-order chi connectivity index (χ0) is 28.1. The molecule has 1 fully saturated rings. The molecule has 10 heteroatoms. The van der Waals surface area contributed by atoms with Crippen molar-refractivity contribution >= 4 is 46.0 Å². The normalized spacial score (nSPS) is 15.6. The summed E-state index contributed by atoms with van der Waals surface area (Å²) in [6.45, 7) is 1.83. The first-order valence-electron chi connectivity index (χ1n) is 13.2. The molecule has 0 spiro atoms. The topological polar surface area (TPSA) is 106 Å². The van der Waals surface area contributed by atoms with E-state index < -0.39 is 0 Å². The molecule has 3 N–H and O–H groups in total. The van der Waals surface area contributed by atoms with Crippen molar-refractivity contribution in [2.75, 3.05) is 44.4 Å². The lowest BCUT2D eigenvalue weighted by atomic mass is 10.0. The molecule has 1 aliphatic heterocycles. The Morgan fingerprint density at radius 1 is 1.20 bits per heavy atom. The fraction of sp³-hybridized carbons (Fsp3) is 0.267. The maximum Gasteiger partial charge on any atom is 0.253 e. The Hall–Kier alpha value is -4.21. The lowest BCUT2D eigenvalue weighted by Gasteiger charge is -2.33. The monoisotopic (exact) mass is 557 g/mol. The average molecular weight is 558 g/mol. The van der Waals surface area contributed by atoms with Gasteiger partial charge in [-0.2, -0.15) is 0 Å². The van der Waals surface area contributed by atoms with Gasteiger partial charge >= 0.3 is 0 Å². The minimum atomic E-state index is -0.233. The van der Waals surface area contributed by atoms with Crippen molar-refractivity contribution in [1.29, 1.82) is 0 Å². The Bertz CT molecular complexity index is 1550. The molecule has 2 aromatic heterocycles.